The Labute approximate surface area is 149 Å². The van der Waals surface area contributed by atoms with Crippen molar-refractivity contribution in [2.75, 3.05) is 40.4 Å². The summed E-state index contributed by atoms with van der Waals surface area (Å²) in [5.41, 5.74) is -0.301. The molecule has 0 aromatic heterocycles. The van der Waals surface area contributed by atoms with Crippen LogP contribution in [0.2, 0.25) is 0 Å². The van der Waals surface area contributed by atoms with Gasteiger partial charge in [0.2, 0.25) is 0 Å². The largest absolute Gasteiger partial charge is 0.469 e. The number of urea groups is 1. The van der Waals surface area contributed by atoms with Gasteiger partial charge in [-0.2, -0.15) is 0 Å². The van der Waals surface area contributed by atoms with Crippen LogP contribution in [0.25, 0.3) is 0 Å². The molecule has 2 saturated heterocycles. The van der Waals surface area contributed by atoms with Crippen molar-refractivity contribution in [1.82, 2.24) is 14.7 Å². The number of carbonyl (C=O) groups excluding carboxylic acids is 3. The molecule has 0 spiro atoms. The molecule has 8 heteroatoms. The van der Waals surface area contributed by atoms with Crippen molar-refractivity contribution < 1.29 is 23.9 Å². The van der Waals surface area contributed by atoms with Crippen LogP contribution in [0.5, 0.6) is 0 Å². The highest BCUT2D eigenvalue weighted by Crippen LogP contribution is 2.31. The van der Waals surface area contributed by atoms with E-state index in [0.29, 0.717) is 39.0 Å². The van der Waals surface area contributed by atoms with Gasteiger partial charge in [0, 0.05) is 31.6 Å². The lowest BCUT2D eigenvalue weighted by molar-refractivity contribution is -0.151. The zero-order valence-corrected chi connectivity index (χ0v) is 15.8. The van der Waals surface area contributed by atoms with Crippen LogP contribution in [0.15, 0.2) is 0 Å². The fourth-order valence-corrected chi connectivity index (χ4v) is 3.58. The van der Waals surface area contributed by atoms with E-state index in [9.17, 15) is 14.4 Å². The van der Waals surface area contributed by atoms with Gasteiger partial charge in [-0.05, 0) is 33.7 Å². The number of hydrogen-bond acceptors (Lipinski definition) is 6. The highest BCUT2D eigenvalue weighted by Gasteiger charge is 2.51. The first-order valence-electron chi connectivity index (χ1n) is 8.67. The van der Waals surface area contributed by atoms with Gasteiger partial charge in [0.25, 0.3) is 0 Å². The molecule has 2 amide bonds. The average Bonchev–Trinajstić information content (AvgIpc) is 2.90. The third kappa shape index (κ3) is 4.05. The Morgan fingerprint density at radius 2 is 1.84 bits per heavy atom. The summed E-state index contributed by atoms with van der Waals surface area (Å²) < 4.78 is 9.67. The number of rotatable bonds is 5. The van der Waals surface area contributed by atoms with Gasteiger partial charge in [-0.3, -0.25) is 14.5 Å². The van der Waals surface area contributed by atoms with Crippen molar-refractivity contribution in [3.8, 4) is 0 Å². The summed E-state index contributed by atoms with van der Waals surface area (Å²) in [5.74, 6) is -0.598. The predicted octanol–water partition coefficient (Wildman–Crippen LogP) is 0.702. The minimum atomic E-state index is -0.507. The normalized spacial score (nSPS) is 24.3. The number of ether oxygens (including phenoxy) is 2. The Morgan fingerprint density at radius 1 is 1.16 bits per heavy atom. The first-order valence-corrected chi connectivity index (χ1v) is 8.67. The van der Waals surface area contributed by atoms with E-state index in [0.717, 1.165) is 0 Å². The molecule has 2 aliphatic rings. The Kier molecular flexibility index (Phi) is 5.92. The van der Waals surface area contributed by atoms with Gasteiger partial charge in [-0.25, -0.2) is 4.79 Å². The van der Waals surface area contributed by atoms with Gasteiger partial charge in [0.1, 0.15) is 6.04 Å². The summed E-state index contributed by atoms with van der Waals surface area (Å²) in [6, 6.07) is -0.764. The first kappa shape index (κ1) is 19.5. The van der Waals surface area contributed by atoms with E-state index >= 15 is 0 Å². The molecule has 1 unspecified atom stereocenters. The molecule has 0 aliphatic carbocycles. The molecule has 0 aromatic carbocycles. The fourth-order valence-electron chi connectivity index (χ4n) is 3.58. The van der Waals surface area contributed by atoms with Crippen LogP contribution in [0.1, 0.15) is 33.6 Å². The van der Waals surface area contributed by atoms with Crippen molar-refractivity contribution in [3.63, 3.8) is 0 Å². The van der Waals surface area contributed by atoms with Crippen molar-refractivity contribution in [2.24, 2.45) is 0 Å². The lowest BCUT2D eigenvalue weighted by Crippen LogP contribution is -2.62. The summed E-state index contributed by atoms with van der Waals surface area (Å²) >= 11 is 0. The molecular weight excluding hydrogens is 326 g/mol. The van der Waals surface area contributed by atoms with E-state index in [1.165, 1.54) is 14.2 Å². The van der Waals surface area contributed by atoms with Crippen LogP contribution in [0, 0.1) is 0 Å². The lowest BCUT2D eigenvalue weighted by atomic mass is 10.0. The predicted molar refractivity (Wildman–Crippen MR) is 91.0 cm³/mol. The number of amides is 2. The molecule has 25 heavy (non-hydrogen) atoms. The van der Waals surface area contributed by atoms with Gasteiger partial charge in [0.05, 0.1) is 20.3 Å². The molecule has 2 rings (SSSR count). The maximum absolute atomic E-state index is 12.7. The van der Waals surface area contributed by atoms with Crippen LogP contribution in [0.4, 0.5) is 4.79 Å². The van der Waals surface area contributed by atoms with E-state index in [2.05, 4.69) is 4.74 Å². The molecule has 2 fully saturated rings. The van der Waals surface area contributed by atoms with Crippen LogP contribution in [-0.4, -0.2) is 90.7 Å². The molecule has 0 N–H and O–H groups in total. The van der Waals surface area contributed by atoms with Crippen LogP contribution in [0.3, 0.4) is 0 Å². The lowest BCUT2D eigenvalue weighted by Gasteiger charge is -2.42. The highest BCUT2D eigenvalue weighted by atomic mass is 16.5. The molecule has 2 aliphatic heterocycles. The molecule has 0 bridgehead atoms. The second kappa shape index (κ2) is 7.59. The Hall–Kier alpha value is -1.83. The van der Waals surface area contributed by atoms with Crippen LogP contribution < -0.4 is 0 Å². The van der Waals surface area contributed by atoms with E-state index in [1.54, 1.807) is 4.90 Å². The fraction of sp³-hybridized carbons (Fsp3) is 0.824. The van der Waals surface area contributed by atoms with Crippen molar-refractivity contribution in [1.29, 1.82) is 0 Å². The maximum Gasteiger partial charge on any atom is 0.325 e. The zero-order valence-electron chi connectivity index (χ0n) is 15.8. The van der Waals surface area contributed by atoms with Gasteiger partial charge < -0.3 is 19.3 Å². The average molecular weight is 355 g/mol. The molecular formula is C17H29N3O5. The standard InChI is InChI=1S/C17H29N3O5/c1-17(2,3)20-11-12-14(15(22)25-5)18(8-6-7-13(21)24-4)9-10-19(12)16(20)23/h12,14H,6-11H2,1-5H3/t12?,14-/m1/s1. The van der Waals surface area contributed by atoms with E-state index in [4.69, 9.17) is 4.74 Å². The minimum absolute atomic E-state index is 0.0272. The molecule has 0 radical (unpaired) electrons. The van der Waals surface area contributed by atoms with Crippen LogP contribution >= 0.6 is 0 Å². The number of hydrogen-bond donors (Lipinski definition) is 0. The van der Waals surface area contributed by atoms with E-state index < -0.39 is 6.04 Å². The maximum atomic E-state index is 12.7. The second-order valence-electron chi connectivity index (χ2n) is 7.51. The smallest absolute Gasteiger partial charge is 0.325 e. The summed E-state index contributed by atoms with van der Waals surface area (Å²) in [6.45, 7) is 8.21. The topological polar surface area (TPSA) is 79.4 Å². The summed E-state index contributed by atoms with van der Waals surface area (Å²) in [7, 11) is 2.73. The summed E-state index contributed by atoms with van der Waals surface area (Å²) in [6.07, 6.45) is 0.909. The van der Waals surface area contributed by atoms with Crippen molar-refractivity contribution in [2.45, 2.75) is 51.2 Å². The molecule has 2 heterocycles. The van der Waals surface area contributed by atoms with Gasteiger partial charge >= 0.3 is 18.0 Å². The summed E-state index contributed by atoms with van der Waals surface area (Å²) in [5, 5.41) is 0. The first-order chi connectivity index (χ1) is 11.7. The minimum Gasteiger partial charge on any atom is -0.469 e. The van der Waals surface area contributed by atoms with E-state index in [-0.39, 0.29) is 29.6 Å². The molecule has 8 nitrogen and oxygen atoms in total. The zero-order chi connectivity index (χ0) is 18.8. The Balaban J connectivity index is 2.13. The Morgan fingerprint density at radius 3 is 2.40 bits per heavy atom. The Bertz CT molecular complexity index is 531. The van der Waals surface area contributed by atoms with Gasteiger partial charge in [-0.1, -0.05) is 0 Å². The second-order valence-corrected chi connectivity index (χ2v) is 7.51. The number of methoxy groups -OCH3 is 2. The number of nitrogens with zero attached hydrogens (tertiary/aromatic N) is 3. The van der Waals surface area contributed by atoms with Crippen LogP contribution in [-0.2, 0) is 19.1 Å². The quantitative estimate of drug-likeness (QED) is 0.676. The van der Waals surface area contributed by atoms with Gasteiger partial charge in [-0.15, -0.1) is 0 Å². The molecule has 142 valence electrons. The third-order valence-corrected chi connectivity index (χ3v) is 4.94. The molecule has 2 atom stereocenters. The molecule has 0 aromatic rings. The number of carbonyl (C=O) groups is 3. The highest BCUT2D eigenvalue weighted by molar-refractivity contribution is 5.83. The van der Waals surface area contributed by atoms with Gasteiger partial charge in [0.15, 0.2) is 0 Å². The third-order valence-electron chi connectivity index (χ3n) is 4.94. The number of piperazine rings is 1. The summed E-state index contributed by atoms with van der Waals surface area (Å²) in [4.78, 5) is 42.1. The SMILES string of the molecule is COC(=O)CCCN1CCN2C(=O)N(C(C)(C)C)CC2[C@@H]1C(=O)OC. The van der Waals surface area contributed by atoms with Crippen molar-refractivity contribution in [3.05, 3.63) is 0 Å². The number of fused-ring (bicyclic) bond motifs is 1. The van der Waals surface area contributed by atoms with E-state index in [1.807, 2.05) is 30.6 Å². The monoisotopic (exact) mass is 355 g/mol. The van der Waals surface area contributed by atoms with Crippen molar-refractivity contribution >= 4 is 18.0 Å². The number of esters is 2. The molecule has 0 saturated carbocycles.